The molecule has 0 spiro atoms. The smallest absolute Gasteiger partial charge is 0.177 e. The average Bonchev–Trinajstić information content (AvgIpc) is 2.50. The van der Waals surface area contributed by atoms with Crippen LogP contribution in [0.4, 0.5) is 0 Å². The molecular formula is C20H33NO4S. The van der Waals surface area contributed by atoms with Gasteiger partial charge in [-0.25, -0.2) is 8.42 Å². The molecule has 0 radical (unpaired) electrons. The minimum atomic E-state index is -3.63. The van der Waals surface area contributed by atoms with E-state index in [2.05, 4.69) is 13.2 Å². The van der Waals surface area contributed by atoms with Crippen molar-refractivity contribution >= 4 is 21.4 Å². The Morgan fingerprint density at radius 3 is 2.08 bits per heavy atom. The summed E-state index contributed by atoms with van der Waals surface area (Å²) in [6, 6.07) is 0. The summed E-state index contributed by atoms with van der Waals surface area (Å²) in [7, 11) is -1.87. The quantitative estimate of drug-likeness (QED) is 0.512. The van der Waals surface area contributed by atoms with Crippen LogP contribution < -0.4 is 0 Å². The number of sulfone groups is 1. The van der Waals surface area contributed by atoms with E-state index >= 15 is 0 Å². The van der Waals surface area contributed by atoms with E-state index in [9.17, 15) is 18.0 Å². The highest BCUT2D eigenvalue weighted by Gasteiger charge is 2.35. The van der Waals surface area contributed by atoms with Crippen LogP contribution >= 0.6 is 0 Å². The molecule has 0 saturated heterocycles. The summed E-state index contributed by atoms with van der Waals surface area (Å²) in [5.74, 6) is -0.412. The van der Waals surface area contributed by atoms with Crippen molar-refractivity contribution in [2.45, 2.75) is 46.3 Å². The maximum atomic E-state index is 12.7. The van der Waals surface area contributed by atoms with Gasteiger partial charge in [0.15, 0.2) is 21.4 Å². The van der Waals surface area contributed by atoms with Gasteiger partial charge in [-0.05, 0) is 40.8 Å². The van der Waals surface area contributed by atoms with Crippen LogP contribution in [0.15, 0.2) is 36.3 Å². The van der Waals surface area contributed by atoms with Crippen LogP contribution in [0.25, 0.3) is 0 Å². The zero-order valence-corrected chi connectivity index (χ0v) is 17.9. The van der Waals surface area contributed by atoms with Crippen molar-refractivity contribution in [1.29, 1.82) is 0 Å². The predicted octanol–water partition coefficient (Wildman–Crippen LogP) is 3.19. The number of likely N-dealkylation sites (N-methyl/N-ethyl adjacent to an activating group) is 1. The van der Waals surface area contributed by atoms with Crippen LogP contribution in [0.2, 0.25) is 0 Å². The van der Waals surface area contributed by atoms with Crippen molar-refractivity contribution in [3.8, 4) is 0 Å². The molecule has 0 amide bonds. The van der Waals surface area contributed by atoms with Crippen LogP contribution in [0, 0.1) is 11.3 Å². The number of nitrogens with zero attached hydrogens (tertiary/aromatic N) is 1. The molecule has 0 aromatic carbocycles. The highest BCUT2D eigenvalue weighted by molar-refractivity contribution is 7.95. The zero-order valence-electron chi connectivity index (χ0n) is 17.1. The first kappa shape index (κ1) is 24.5. The summed E-state index contributed by atoms with van der Waals surface area (Å²) in [5.41, 5.74) is -0.474. The normalized spacial score (nSPS) is 13.4. The van der Waals surface area contributed by atoms with Gasteiger partial charge in [0.25, 0.3) is 0 Å². The Kier molecular flexibility index (Phi) is 8.39. The largest absolute Gasteiger partial charge is 0.300 e. The first-order valence-electron chi connectivity index (χ1n) is 8.58. The van der Waals surface area contributed by atoms with Crippen LogP contribution in [0.5, 0.6) is 0 Å². The number of allylic oxidation sites excluding steroid dienone is 2. The van der Waals surface area contributed by atoms with E-state index in [1.165, 1.54) is 12.2 Å². The molecule has 148 valence electrons. The van der Waals surface area contributed by atoms with E-state index in [1.807, 2.05) is 0 Å². The van der Waals surface area contributed by atoms with Gasteiger partial charge in [-0.2, -0.15) is 0 Å². The van der Waals surface area contributed by atoms with E-state index in [-0.39, 0.29) is 24.0 Å². The second-order valence-electron chi connectivity index (χ2n) is 8.19. The third kappa shape index (κ3) is 6.65. The minimum absolute atomic E-state index is 0.0258. The van der Waals surface area contributed by atoms with Gasteiger partial charge >= 0.3 is 0 Å². The molecule has 26 heavy (non-hydrogen) atoms. The summed E-state index contributed by atoms with van der Waals surface area (Å²) in [6.07, 6.45) is 2.59. The molecular weight excluding hydrogens is 350 g/mol. The molecule has 0 aliphatic rings. The first-order valence-corrected chi connectivity index (χ1v) is 10.1. The van der Waals surface area contributed by atoms with Crippen LogP contribution in [0.1, 0.15) is 41.5 Å². The average molecular weight is 384 g/mol. The molecule has 0 N–H and O–H groups in total. The summed E-state index contributed by atoms with van der Waals surface area (Å²) < 4.78 is 24.4. The lowest BCUT2D eigenvalue weighted by Crippen LogP contribution is -2.43. The number of rotatable bonds is 11. The van der Waals surface area contributed by atoms with E-state index < -0.39 is 20.0 Å². The number of hydrogen-bond donors (Lipinski definition) is 0. The van der Waals surface area contributed by atoms with Crippen molar-refractivity contribution in [3.05, 3.63) is 36.3 Å². The number of Topliss-reactive ketones (excluding diaryl/α,β-unsaturated/α-hetero) is 1. The molecule has 0 unspecified atom stereocenters. The molecule has 0 saturated carbocycles. The Labute approximate surface area is 158 Å². The van der Waals surface area contributed by atoms with Gasteiger partial charge in [-0.3, -0.25) is 9.59 Å². The lowest BCUT2D eigenvalue weighted by molar-refractivity contribution is -0.120. The maximum Gasteiger partial charge on any atom is 0.177 e. The summed E-state index contributed by atoms with van der Waals surface area (Å²) >= 11 is 0. The fraction of sp³-hybridized carbons (Fsp3) is 0.600. The molecule has 5 nitrogen and oxygen atoms in total. The van der Waals surface area contributed by atoms with Crippen molar-refractivity contribution < 1.29 is 18.0 Å². The maximum absolute atomic E-state index is 12.7. The van der Waals surface area contributed by atoms with Gasteiger partial charge in [-0.15, -0.1) is 0 Å². The molecule has 0 aromatic heterocycles. The molecule has 0 bridgehead atoms. The highest BCUT2D eigenvalue weighted by atomic mass is 32.2. The topological polar surface area (TPSA) is 71.5 Å². The summed E-state index contributed by atoms with van der Waals surface area (Å²) in [6.45, 7) is 17.9. The number of carbonyl (C=O) groups excluding carboxylic acids is 2. The Balaban J connectivity index is 5.24. The SMILES string of the molecule is C=CC(=O)C(C)(C)/C=C/S(=O)(=O)C(C)(C)CN(C)CC(=C)C(=O)C(C)C. The van der Waals surface area contributed by atoms with Gasteiger partial charge in [0.05, 0.1) is 4.75 Å². The third-order valence-corrected chi connectivity index (χ3v) is 6.40. The second-order valence-corrected chi connectivity index (χ2v) is 10.7. The molecule has 0 rings (SSSR count). The summed E-state index contributed by atoms with van der Waals surface area (Å²) in [4.78, 5) is 25.5. The fourth-order valence-electron chi connectivity index (χ4n) is 2.40. The number of carbonyl (C=O) groups is 2. The Bertz CT molecular complexity index is 697. The van der Waals surface area contributed by atoms with Crippen molar-refractivity contribution in [1.82, 2.24) is 4.90 Å². The Morgan fingerprint density at radius 2 is 1.65 bits per heavy atom. The lowest BCUT2D eigenvalue weighted by atomic mass is 9.88. The van der Waals surface area contributed by atoms with Gasteiger partial charge in [0, 0.05) is 35.4 Å². The van der Waals surface area contributed by atoms with Crippen LogP contribution in [-0.4, -0.2) is 49.8 Å². The molecule has 0 aliphatic heterocycles. The van der Waals surface area contributed by atoms with Crippen LogP contribution in [-0.2, 0) is 19.4 Å². The van der Waals surface area contributed by atoms with E-state index in [4.69, 9.17) is 0 Å². The van der Waals surface area contributed by atoms with Gasteiger partial charge in [0.1, 0.15) is 0 Å². The fourth-order valence-corrected chi connectivity index (χ4v) is 3.69. The van der Waals surface area contributed by atoms with Crippen molar-refractivity contribution in [2.75, 3.05) is 20.1 Å². The highest BCUT2D eigenvalue weighted by Crippen LogP contribution is 2.25. The molecule has 0 heterocycles. The first-order chi connectivity index (χ1) is 11.6. The second kappa shape index (κ2) is 8.91. The predicted molar refractivity (Wildman–Crippen MR) is 108 cm³/mol. The van der Waals surface area contributed by atoms with E-state index in [0.717, 1.165) is 5.41 Å². The van der Waals surface area contributed by atoms with E-state index in [0.29, 0.717) is 12.1 Å². The molecule has 0 aliphatic carbocycles. The Hall–Kier alpha value is -1.53. The van der Waals surface area contributed by atoms with Gasteiger partial charge in [-0.1, -0.05) is 33.1 Å². The zero-order chi connectivity index (χ0) is 20.9. The van der Waals surface area contributed by atoms with Gasteiger partial charge < -0.3 is 4.90 Å². The molecule has 0 atom stereocenters. The van der Waals surface area contributed by atoms with Crippen molar-refractivity contribution in [2.24, 2.45) is 11.3 Å². The molecule has 0 fully saturated rings. The number of ketones is 2. The Morgan fingerprint density at radius 1 is 1.15 bits per heavy atom. The third-order valence-electron chi connectivity index (χ3n) is 4.24. The van der Waals surface area contributed by atoms with E-state index in [1.54, 1.807) is 53.5 Å². The number of hydrogen-bond acceptors (Lipinski definition) is 5. The van der Waals surface area contributed by atoms with Gasteiger partial charge in [0.2, 0.25) is 0 Å². The monoisotopic (exact) mass is 383 g/mol. The summed E-state index contributed by atoms with van der Waals surface area (Å²) in [5, 5.41) is 1.11. The van der Waals surface area contributed by atoms with Crippen LogP contribution in [0.3, 0.4) is 0 Å². The minimum Gasteiger partial charge on any atom is -0.300 e. The molecule has 0 aromatic rings. The van der Waals surface area contributed by atoms with Crippen molar-refractivity contribution in [3.63, 3.8) is 0 Å². The lowest BCUT2D eigenvalue weighted by Gasteiger charge is -2.29. The standard InChI is InChI=1S/C20H33NO4S/c1-10-17(22)19(5,6)11-12-26(24,25)20(7,8)14-21(9)13-16(4)18(23)15(2)3/h10-12,15H,1,4,13-14H2,2-3,5-9H3/b12-11+. The molecule has 6 heteroatoms.